The van der Waals surface area contributed by atoms with E-state index in [1.54, 1.807) is 25.3 Å². The molecule has 29 heavy (non-hydrogen) atoms. The van der Waals surface area contributed by atoms with Gasteiger partial charge < -0.3 is 24.3 Å². The maximum Gasteiger partial charge on any atom is 0.251 e. The number of hydrogen-bond acceptors (Lipinski definition) is 6. The van der Waals surface area contributed by atoms with Crippen molar-refractivity contribution in [2.24, 2.45) is 0 Å². The molecule has 2 aliphatic heterocycles. The zero-order chi connectivity index (χ0) is 20.1. The summed E-state index contributed by atoms with van der Waals surface area (Å²) in [5.74, 6) is 1.98. The number of rotatable bonds is 6. The van der Waals surface area contributed by atoms with Crippen LogP contribution in [0.4, 0.5) is 0 Å². The maximum absolute atomic E-state index is 12.8. The molecule has 1 amide bonds. The summed E-state index contributed by atoms with van der Waals surface area (Å²) in [5.41, 5.74) is 1.69. The summed E-state index contributed by atoms with van der Waals surface area (Å²) in [6, 6.07) is 13.3. The molecule has 0 saturated carbocycles. The number of nitrogens with one attached hydrogen (secondary N) is 1. The molecule has 0 bridgehead atoms. The first-order chi connectivity index (χ1) is 14.2. The van der Waals surface area contributed by atoms with Crippen molar-refractivity contribution in [2.75, 3.05) is 53.2 Å². The molecule has 0 aliphatic carbocycles. The fourth-order valence-corrected chi connectivity index (χ4v) is 3.65. The predicted octanol–water partition coefficient (Wildman–Crippen LogP) is 2.27. The van der Waals surface area contributed by atoms with Crippen molar-refractivity contribution in [3.05, 3.63) is 53.6 Å². The van der Waals surface area contributed by atoms with Crippen molar-refractivity contribution < 1.29 is 23.7 Å². The van der Waals surface area contributed by atoms with Gasteiger partial charge in [-0.3, -0.25) is 9.69 Å². The lowest BCUT2D eigenvalue weighted by Gasteiger charge is -2.35. The van der Waals surface area contributed by atoms with Gasteiger partial charge in [-0.2, -0.15) is 0 Å². The van der Waals surface area contributed by atoms with Crippen LogP contribution in [0.1, 0.15) is 22.0 Å². The number of morpholine rings is 1. The minimum absolute atomic E-state index is 0.0611. The Labute approximate surface area is 170 Å². The molecule has 4 rings (SSSR count). The molecule has 7 heteroatoms. The topological polar surface area (TPSA) is 69.3 Å². The quantitative estimate of drug-likeness (QED) is 0.805. The third-order valence-corrected chi connectivity index (χ3v) is 5.25. The Morgan fingerprint density at radius 1 is 1.03 bits per heavy atom. The zero-order valence-electron chi connectivity index (χ0n) is 16.6. The molecule has 0 aromatic heterocycles. The van der Waals surface area contributed by atoms with E-state index in [1.165, 1.54) is 0 Å². The number of nitrogens with zero attached hydrogens (tertiary/aromatic N) is 1. The summed E-state index contributed by atoms with van der Waals surface area (Å²) in [4.78, 5) is 15.1. The molecule has 1 unspecified atom stereocenters. The van der Waals surface area contributed by atoms with Gasteiger partial charge in [-0.25, -0.2) is 0 Å². The number of benzene rings is 2. The molecule has 1 fully saturated rings. The highest BCUT2D eigenvalue weighted by molar-refractivity contribution is 5.94. The van der Waals surface area contributed by atoms with Gasteiger partial charge in [-0.15, -0.1) is 0 Å². The molecule has 2 aromatic rings. The number of fused-ring (bicyclic) bond motifs is 1. The minimum Gasteiger partial charge on any atom is -0.497 e. The van der Waals surface area contributed by atoms with E-state index in [1.807, 2.05) is 12.1 Å². The molecular formula is C22H26N2O5. The van der Waals surface area contributed by atoms with Gasteiger partial charge in [0, 0.05) is 25.2 Å². The fraction of sp³-hybridized carbons (Fsp3) is 0.409. The van der Waals surface area contributed by atoms with E-state index in [-0.39, 0.29) is 11.9 Å². The summed E-state index contributed by atoms with van der Waals surface area (Å²) in [7, 11) is 1.65. The van der Waals surface area contributed by atoms with E-state index in [4.69, 9.17) is 18.9 Å². The highest BCUT2D eigenvalue weighted by Crippen LogP contribution is 2.31. The van der Waals surface area contributed by atoms with Gasteiger partial charge in [-0.05, 0) is 35.9 Å². The SMILES string of the molecule is COc1ccc(C(CNC(=O)c2ccc3c(c2)OCCO3)N2CCOCC2)cc1. The average Bonchev–Trinajstić information content (AvgIpc) is 2.80. The third-order valence-electron chi connectivity index (χ3n) is 5.25. The van der Waals surface area contributed by atoms with E-state index in [2.05, 4.69) is 22.3 Å². The van der Waals surface area contributed by atoms with Crippen LogP contribution in [0.5, 0.6) is 17.2 Å². The van der Waals surface area contributed by atoms with E-state index in [0.717, 1.165) is 24.4 Å². The Hall–Kier alpha value is -2.77. The summed E-state index contributed by atoms with van der Waals surface area (Å²) in [6.07, 6.45) is 0. The average molecular weight is 398 g/mol. The van der Waals surface area contributed by atoms with Crippen LogP contribution >= 0.6 is 0 Å². The molecule has 0 spiro atoms. The van der Waals surface area contributed by atoms with E-state index >= 15 is 0 Å². The number of amides is 1. The smallest absolute Gasteiger partial charge is 0.251 e. The highest BCUT2D eigenvalue weighted by Gasteiger charge is 2.24. The van der Waals surface area contributed by atoms with Crippen molar-refractivity contribution >= 4 is 5.91 Å². The molecule has 7 nitrogen and oxygen atoms in total. The highest BCUT2D eigenvalue weighted by atomic mass is 16.6. The number of methoxy groups -OCH3 is 1. The van der Waals surface area contributed by atoms with Gasteiger partial charge >= 0.3 is 0 Å². The molecule has 1 saturated heterocycles. The summed E-state index contributed by atoms with van der Waals surface area (Å²) in [5, 5.41) is 3.08. The van der Waals surface area contributed by atoms with Crippen molar-refractivity contribution in [3.63, 3.8) is 0 Å². The molecule has 1 atom stereocenters. The lowest BCUT2D eigenvalue weighted by molar-refractivity contribution is 0.0162. The Morgan fingerprint density at radius 2 is 1.76 bits per heavy atom. The molecule has 154 valence electrons. The van der Waals surface area contributed by atoms with Crippen LogP contribution in [-0.2, 0) is 4.74 Å². The third kappa shape index (κ3) is 4.63. The van der Waals surface area contributed by atoms with Crippen LogP contribution in [0.3, 0.4) is 0 Å². The lowest BCUT2D eigenvalue weighted by atomic mass is 10.0. The van der Waals surface area contributed by atoms with Gasteiger partial charge in [0.15, 0.2) is 11.5 Å². The maximum atomic E-state index is 12.8. The molecule has 2 aliphatic rings. The zero-order valence-corrected chi connectivity index (χ0v) is 16.6. The first-order valence-corrected chi connectivity index (χ1v) is 9.88. The summed E-state index contributed by atoms with van der Waals surface area (Å²) in [6.45, 7) is 4.58. The van der Waals surface area contributed by atoms with Gasteiger partial charge in [0.25, 0.3) is 5.91 Å². The largest absolute Gasteiger partial charge is 0.497 e. The number of ether oxygens (including phenoxy) is 4. The van der Waals surface area contributed by atoms with Gasteiger partial charge in [-0.1, -0.05) is 12.1 Å². The Balaban J connectivity index is 1.47. The molecule has 1 N–H and O–H groups in total. The fourth-order valence-electron chi connectivity index (χ4n) is 3.65. The van der Waals surface area contributed by atoms with Crippen molar-refractivity contribution in [2.45, 2.75) is 6.04 Å². The first-order valence-electron chi connectivity index (χ1n) is 9.88. The minimum atomic E-state index is -0.131. The van der Waals surface area contributed by atoms with Crippen LogP contribution in [0.15, 0.2) is 42.5 Å². The van der Waals surface area contributed by atoms with E-state index < -0.39 is 0 Å². The van der Waals surface area contributed by atoms with Gasteiger partial charge in [0.1, 0.15) is 19.0 Å². The molecular weight excluding hydrogens is 372 g/mol. The van der Waals surface area contributed by atoms with E-state index in [9.17, 15) is 4.79 Å². The number of hydrogen-bond donors (Lipinski definition) is 1. The second-order valence-electron chi connectivity index (χ2n) is 7.01. The standard InChI is InChI=1S/C22H26N2O5/c1-26-18-5-2-16(3-6-18)19(24-8-10-27-11-9-24)15-23-22(25)17-4-7-20-21(14-17)29-13-12-28-20/h2-7,14,19H,8-13,15H2,1H3,(H,23,25). The number of carbonyl (C=O) groups excluding carboxylic acids is 1. The Bertz CT molecular complexity index is 834. The van der Waals surface area contributed by atoms with Crippen LogP contribution in [0, 0.1) is 0 Å². The normalized spacial score (nSPS) is 17.4. The summed E-state index contributed by atoms with van der Waals surface area (Å²) >= 11 is 0. The Kier molecular flexibility index (Phi) is 6.17. The van der Waals surface area contributed by atoms with Crippen LogP contribution < -0.4 is 19.5 Å². The summed E-state index contributed by atoms with van der Waals surface area (Å²) < 4.78 is 21.9. The van der Waals surface area contributed by atoms with Crippen LogP contribution in [-0.4, -0.2) is 64.0 Å². The van der Waals surface area contributed by atoms with Crippen LogP contribution in [0.25, 0.3) is 0 Å². The van der Waals surface area contributed by atoms with Crippen molar-refractivity contribution in [1.29, 1.82) is 0 Å². The van der Waals surface area contributed by atoms with Crippen molar-refractivity contribution in [3.8, 4) is 17.2 Å². The molecule has 0 radical (unpaired) electrons. The van der Waals surface area contributed by atoms with Gasteiger partial charge in [0.05, 0.1) is 26.4 Å². The predicted molar refractivity (Wildman–Crippen MR) is 108 cm³/mol. The molecule has 2 heterocycles. The van der Waals surface area contributed by atoms with Gasteiger partial charge in [0.2, 0.25) is 0 Å². The monoisotopic (exact) mass is 398 g/mol. The Morgan fingerprint density at radius 3 is 2.48 bits per heavy atom. The molecule has 2 aromatic carbocycles. The second-order valence-corrected chi connectivity index (χ2v) is 7.01. The van der Waals surface area contributed by atoms with Crippen molar-refractivity contribution in [1.82, 2.24) is 10.2 Å². The first kappa shape index (κ1) is 19.5. The van der Waals surface area contributed by atoms with Crippen LogP contribution in [0.2, 0.25) is 0 Å². The van der Waals surface area contributed by atoms with E-state index in [0.29, 0.717) is 50.0 Å². The lowest BCUT2D eigenvalue weighted by Crippen LogP contribution is -2.43. The second kappa shape index (κ2) is 9.15. The number of carbonyl (C=O) groups is 1.